The third-order valence-corrected chi connectivity index (χ3v) is 6.07. The average Bonchev–Trinajstić information content (AvgIpc) is 2.96. The van der Waals surface area contributed by atoms with Crippen LogP contribution in [0.2, 0.25) is 0 Å². The van der Waals surface area contributed by atoms with Gasteiger partial charge in [0.1, 0.15) is 10.6 Å². The first-order valence-corrected chi connectivity index (χ1v) is 9.68. The van der Waals surface area contributed by atoms with Crippen molar-refractivity contribution in [2.45, 2.75) is 30.8 Å². The van der Waals surface area contributed by atoms with E-state index in [9.17, 15) is 8.42 Å². The number of sulfonamides is 1. The van der Waals surface area contributed by atoms with Gasteiger partial charge in [-0.15, -0.1) is 0 Å². The summed E-state index contributed by atoms with van der Waals surface area (Å²) in [6.07, 6.45) is 0.880. The second kappa shape index (κ2) is 7.49. The summed E-state index contributed by atoms with van der Waals surface area (Å²) < 4.78 is 33.0. The number of nitrogens with one attached hydrogen (secondary N) is 2. The van der Waals surface area contributed by atoms with Gasteiger partial charge in [-0.1, -0.05) is 13.0 Å². The minimum Gasteiger partial charge on any atom is -0.495 e. The molecule has 0 spiro atoms. The summed E-state index contributed by atoms with van der Waals surface area (Å²) in [5, 5.41) is 3.21. The lowest BCUT2D eigenvalue weighted by molar-refractivity contribution is 0.401. The lowest BCUT2D eigenvalue weighted by atomic mass is 10.2. The van der Waals surface area contributed by atoms with Crippen LogP contribution in [0.4, 0.5) is 0 Å². The van der Waals surface area contributed by atoms with Crippen molar-refractivity contribution < 1.29 is 13.2 Å². The number of hydrogen-bond donors (Lipinski definition) is 2. The molecule has 7 heteroatoms. The molecule has 2 rings (SSSR count). The van der Waals surface area contributed by atoms with E-state index in [2.05, 4.69) is 10.0 Å². The van der Waals surface area contributed by atoms with E-state index in [-0.39, 0.29) is 10.9 Å². The molecule has 118 valence electrons. The lowest BCUT2D eigenvalue weighted by Gasteiger charge is -2.15. The first-order chi connectivity index (χ1) is 10.1. The molecule has 0 bridgehead atoms. The zero-order valence-electron chi connectivity index (χ0n) is 12.4. The summed E-state index contributed by atoms with van der Waals surface area (Å²) in [6.45, 7) is 3.59. The zero-order chi connectivity index (χ0) is 15.3. The molecular formula is C14H22N2O3S2. The molecule has 1 aromatic rings. The normalized spacial score (nSPS) is 18.9. The van der Waals surface area contributed by atoms with Gasteiger partial charge < -0.3 is 10.1 Å². The molecule has 0 aliphatic carbocycles. The maximum Gasteiger partial charge on any atom is 0.244 e. The largest absolute Gasteiger partial charge is 0.495 e. The van der Waals surface area contributed by atoms with Gasteiger partial charge in [0, 0.05) is 18.3 Å². The Morgan fingerprint density at radius 1 is 1.43 bits per heavy atom. The van der Waals surface area contributed by atoms with E-state index in [1.165, 1.54) is 7.11 Å². The Balaban J connectivity index is 2.20. The number of rotatable bonds is 7. The van der Waals surface area contributed by atoms with Gasteiger partial charge in [0.25, 0.3) is 0 Å². The maximum absolute atomic E-state index is 12.5. The molecule has 1 unspecified atom stereocenters. The Labute approximate surface area is 130 Å². The third-order valence-electron chi connectivity index (χ3n) is 3.35. The van der Waals surface area contributed by atoms with Crippen LogP contribution in [0.15, 0.2) is 23.1 Å². The lowest BCUT2D eigenvalue weighted by Crippen LogP contribution is -2.34. The Bertz CT molecular complexity index is 570. The van der Waals surface area contributed by atoms with E-state index < -0.39 is 10.0 Å². The van der Waals surface area contributed by atoms with Gasteiger partial charge >= 0.3 is 0 Å². The van der Waals surface area contributed by atoms with Crippen molar-refractivity contribution in [3.8, 4) is 5.75 Å². The van der Waals surface area contributed by atoms with E-state index in [4.69, 9.17) is 4.74 Å². The van der Waals surface area contributed by atoms with Crippen LogP contribution in [0.1, 0.15) is 18.9 Å². The quantitative estimate of drug-likeness (QED) is 0.795. The van der Waals surface area contributed by atoms with Crippen molar-refractivity contribution in [2.75, 3.05) is 25.2 Å². The minimum absolute atomic E-state index is 0.0196. The fraction of sp³-hybridized carbons (Fsp3) is 0.571. The van der Waals surface area contributed by atoms with Gasteiger partial charge in [0.2, 0.25) is 10.0 Å². The third kappa shape index (κ3) is 4.35. The molecule has 1 aromatic carbocycles. The smallest absolute Gasteiger partial charge is 0.244 e. The predicted molar refractivity (Wildman–Crippen MR) is 86.4 cm³/mol. The molecule has 1 fully saturated rings. The SMILES string of the molecule is CCNCc1ccc(S(=O)(=O)NC2CCSC2)c(OC)c1. The molecule has 1 atom stereocenters. The van der Waals surface area contributed by atoms with Gasteiger partial charge in [-0.25, -0.2) is 13.1 Å². The summed E-state index contributed by atoms with van der Waals surface area (Å²) in [6, 6.07) is 5.24. The van der Waals surface area contributed by atoms with E-state index in [0.717, 1.165) is 30.0 Å². The van der Waals surface area contributed by atoms with Gasteiger partial charge in [0.05, 0.1) is 7.11 Å². The first kappa shape index (κ1) is 16.6. The van der Waals surface area contributed by atoms with Crippen LogP contribution >= 0.6 is 11.8 Å². The summed E-state index contributed by atoms with van der Waals surface area (Å²) in [7, 11) is -2.04. The number of thioether (sulfide) groups is 1. The van der Waals surface area contributed by atoms with Crippen LogP contribution in [0.3, 0.4) is 0 Å². The summed E-state index contributed by atoms with van der Waals surface area (Å²) in [5.74, 6) is 2.23. The Hall–Kier alpha value is -0.760. The summed E-state index contributed by atoms with van der Waals surface area (Å²) in [4.78, 5) is 0.210. The Kier molecular flexibility index (Phi) is 5.92. The van der Waals surface area contributed by atoms with Gasteiger partial charge in [-0.2, -0.15) is 11.8 Å². The molecule has 5 nitrogen and oxygen atoms in total. The van der Waals surface area contributed by atoms with Gasteiger partial charge in [0.15, 0.2) is 0 Å². The van der Waals surface area contributed by atoms with Crippen LogP contribution in [-0.4, -0.2) is 39.6 Å². The van der Waals surface area contributed by atoms with E-state index in [0.29, 0.717) is 12.3 Å². The highest BCUT2D eigenvalue weighted by Crippen LogP contribution is 2.26. The molecule has 0 amide bonds. The topological polar surface area (TPSA) is 67.4 Å². The van der Waals surface area contributed by atoms with Crippen molar-refractivity contribution in [3.05, 3.63) is 23.8 Å². The van der Waals surface area contributed by atoms with Gasteiger partial charge in [-0.05, 0) is 36.4 Å². The highest BCUT2D eigenvalue weighted by Gasteiger charge is 2.25. The maximum atomic E-state index is 12.5. The van der Waals surface area contributed by atoms with Crippen molar-refractivity contribution in [1.82, 2.24) is 10.0 Å². The summed E-state index contributed by atoms with van der Waals surface area (Å²) in [5.41, 5.74) is 1.00. The molecule has 1 saturated heterocycles. The number of hydrogen-bond acceptors (Lipinski definition) is 5. The molecule has 2 N–H and O–H groups in total. The fourth-order valence-corrected chi connectivity index (χ4v) is 4.90. The van der Waals surface area contributed by atoms with E-state index in [1.807, 2.05) is 13.0 Å². The molecule has 21 heavy (non-hydrogen) atoms. The fourth-order valence-electron chi connectivity index (χ4n) is 2.22. The van der Waals surface area contributed by atoms with Crippen LogP contribution in [0.25, 0.3) is 0 Å². The van der Waals surface area contributed by atoms with Crippen molar-refractivity contribution in [2.24, 2.45) is 0 Å². The predicted octanol–water partition coefficient (Wildman–Crippen LogP) is 1.59. The number of methoxy groups -OCH3 is 1. The summed E-state index contributed by atoms with van der Waals surface area (Å²) >= 11 is 1.77. The van der Waals surface area contributed by atoms with Crippen molar-refractivity contribution in [1.29, 1.82) is 0 Å². The molecule has 0 radical (unpaired) electrons. The molecule has 0 aromatic heterocycles. The van der Waals surface area contributed by atoms with Crippen LogP contribution in [-0.2, 0) is 16.6 Å². The minimum atomic E-state index is -3.53. The molecule has 1 heterocycles. The molecule has 0 saturated carbocycles. The monoisotopic (exact) mass is 330 g/mol. The standard InChI is InChI=1S/C14H22N2O3S2/c1-3-15-9-11-4-5-14(13(8-11)19-2)21(17,18)16-12-6-7-20-10-12/h4-5,8,12,15-16H,3,6-7,9-10H2,1-2H3. The second-order valence-corrected chi connectivity index (χ2v) is 7.78. The zero-order valence-corrected chi connectivity index (χ0v) is 14.0. The van der Waals surface area contributed by atoms with Crippen molar-refractivity contribution in [3.63, 3.8) is 0 Å². The Morgan fingerprint density at radius 3 is 2.86 bits per heavy atom. The van der Waals surface area contributed by atoms with Crippen molar-refractivity contribution >= 4 is 21.8 Å². The van der Waals surface area contributed by atoms with E-state index >= 15 is 0 Å². The van der Waals surface area contributed by atoms with Crippen LogP contribution < -0.4 is 14.8 Å². The number of benzene rings is 1. The van der Waals surface area contributed by atoms with Crippen LogP contribution in [0.5, 0.6) is 5.75 Å². The highest BCUT2D eigenvalue weighted by molar-refractivity contribution is 7.99. The number of ether oxygens (including phenoxy) is 1. The van der Waals surface area contributed by atoms with Crippen LogP contribution in [0, 0.1) is 0 Å². The highest BCUT2D eigenvalue weighted by atomic mass is 32.2. The molecule has 1 aliphatic heterocycles. The Morgan fingerprint density at radius 2 is 2.24 bits per heavy atom. The first-order valence-electron chi connectivity index (χ1n) is 7.04. The average molecular weight is 330 g/mol. The van der Waals surface area contributed by atoms with E-state index in [1.54, 1.807) is 23.9 Å². The molecular weight excluding hydrogens is 308 g/mol. The van der Waals surface area contributed by atoms with Gasteiger partial charge in [-0.3, -0.25) is 0 Å². The molecule has 1 aliphatic rings. The second-order valence-electron chi connectivity index (χ2n) is 4.95.